The number of benzene rings is 1. The van der Waals surface area contributed by atoms with Crippen molar-refractivity contribution in [2.75, 3.05) is 24.3 Å². The van der Waals surface area contributed by atoms with E-state index in [1.807, 2.05) is 14.1 Å². The number of hydrogen-bond acceptors (Lipinski definition) is 4. The van der Waals surface area contributed by atoms with Crippen LogP contribution in [-0.4, -0.2) is 30.0 Å². The van der Waals surface area contributed by atoms with Crippen molar-refractivity contribution in [2.24, 2.45) is 0 Å². The molecule has 1 aromatic carbocycles. The van der Waals surface area contributed by atoms with Gasteiger partial charge < -0.3 is 10.2 Å². The molecule has 0 radical (unpaired) electrons. The second kappa shape index (κ2) is 6.10. The topological polar surface area (TPSA) is 58.1 Å². The molecule has 20 heavy (non-hydrogen) atoms. The maximum Gasteiger partial charge on any atom is 0.229 e. The summed E-state index contributed by atoms with van der Waals surface area (Å²) in [5, 5.41) is 2.67. The van der Waals surface area contributed by atoms with Crippen LogP contribution in [0.3, 0.4) is 0 Å². The van der Waals surface area contributed by atoms with Crippen LogP contribution in [0.1, 0.15) is 5.56 Å². The third kappa shape index (κ3) is 3.74. The van der Waals surface area contributed by atoms with Gasteiger partial charge in [0.25, 0.3) is 0 Å². The average Bonchev–Trinajstić information content (AvgIpc) is 2.38. The van der Waals surface area contributed by atoms with Gasteiger partial charge in [0.15, 0.2) is 0 Å². The van der Waals surface area contributed by atoms with Gasteiger partial charge in [-0.3, -0.25) is 4.79 Å². The quantitative estimate of drug-likeness (QED) is 0.924. The van der Waals surface area contributed by atoms with Crippen LogP contribution >= 0.6 is 0 Å². The van der Waals surface area contributed by atoms with Gasteiger partial charge in [-0.25, -0.2) is 9.37 Å². The van der Waals surface area contributed by atoms with E-state index in [0.717, 1.165) is 0 Å². The molecule has 0 aliphatic rings. The SMILES string of the molecule is CN(C)c1nccc(NC(=O)Cc2cccc(F)c2)n1. The van der Waals surface area contributed by atoms with E-state index in [4.69, 9.17) is 0 Å². The van der Waals surface area contributed by atoms with Crippen LogP contribution < -0.4 is 10.2 Å². The Morgan fingerprint density at radius 2 is 2.15 bits per heavy atom. The second-order valence-electron chi connectivity index (χ2n) is 4.49. The number of halogens is 1. The molecule has 0 spiro atoms. The number of carbonyl (C=O) groups is 1. The van der Waals surface area contributed by atoms with E-state index in [0.29, 0.717) is 17.3 Å². The normalized spacial score (nSPS) is 10.2. The van der Waals surface area contributed by atoms with Crippen molar-refractivity contribution in [1.29, 1.82) is 0 Å². The van der Waals surface area contributed by atoms with Crippen LogP contribution in [0.5, 0.6) is 0 Å². The molecule has 1 amide bonds. The third-order valence-corrected chi connectivity index (χ3v) is 2.56. The van der Waals surface area contributed by atoms with E-state index in [-0.39, 0.29) is 18.1 Å². The Labute approximate surface area is 116 Å². The molecule has 0 bridgehead atoms. The van der Waals surface area contributed by atoms with Crippen molar-refractivity contribution >= 4 is 17.7 Å². The molecule has 0 aliphatic heterocycles. The van der Waals surface area contributed by atoms with Gasteiger partial charge in [0.1, 0.15) is 11.6 Å². The highest BCUT2D eigenvalue weighted by Crippen LogP contribution is 2.09. The van der Waals surface area contributed by atoms with Crippen LogP contribution in [0.15, 0.2) is 36.5 Å². The van der Waals surface area contributed by atoms with Crippen LogP contribution in [0.2, 0.25) is 0 Å². The standard InChI is InChI=1S/C14H15FN4O/c1-19(2)14-16-7-6-12(18-14)17-13(20)9-10-4-3-5-11(15)8-10/h3-8H,9H2,1-2H3,(H,16,17,18,20). The highest BCUT2D eigenvalue weighted by molar-refractivity contribution is 5.91. The fraction of sp³-hybridized carbons (Fsp3) is 0.214. The van der Waals surface area contributed by atoms with E-state index in [1.54, 1.807) is 29.3 Å². The molecule has 2 rings (SSSR count). The summed E-state index contributed by atoms with van der Waals surface area (Å²) in [6.07, 6.45) is 1.67. The zero-order valence-electron chi connectivity index (χ0n) is 11.3. The summed E-state index contributed by atoms with van der Waals surface area (Å²) in [4.78, 5) is 21.8. The zero-order valence-corrected chi connectivity index (χ0v) is 11.3. The molecule has 0 aliphatic carbocycles. The van der Waals surface area contributed by atoms with Gasteiger partial charge in [0, 0.05) is 20.3 Å². The van der Waals surface area contributed by atoms with Gasteiger partial charge in [-0.15, -0.1) is 0 Å². The van der Waals surface area contributed by atoms with E-state index in [1.165, 1.54) is 12.1 Å². The average molecular weight is 274 g/mol. The molecule has 1 N–H and O–H groups in total. The summed E-state index contributed by atoms with van der Waals surface area (Å²) >= 11 is 0. The summed E-state index contributed by atoms with van der Waals surface area (Å²) in [6, 6.07) is 7.57. The van der Waals surface area contributed by atoms with Gasteiger partial charge in [-0.2, -0.15) is 4.98 Å². The number of hydrogen-bond donors (Lipinski definition) is 1. The molecule has 6 heteroatoms. The first-order valence-corrected chi connectivity index (χ1v) is 6.09. The van der Waals surface area contributed by atoms with Crippen molar-refractivity contribution in [2.45, 2.75) is 6.42 Å². The summed E-state index contributed by atoms with van der Waals surface area (Å²) in [6.45, 7) is 0. The summed E-state index contributed by atoms with van der Waals surface area (Å²) < 4.78 is 13.0. The Hall–Kier alpha value is -2.50. The molecule has 0 saturated heterocycles. The Balaban J connectivity index is 2.03. The van der Waals surface area contributed by atoms with E-state index in [2.05, 4.69) is 15.3 Å². The highest BCUT2D eigenvalue weighted by atomic mass is 19.1. The summed E-state index contributed by atoms with van der Waals surface area (Å²) in [5.74, 6) is 0.324. The Morgan fingerprint density at radius 1 is 1.35 bits per heavy atom. The minimum atomic E-state index is -0.354. The molecule has 0 fully saturated rings. The molecule has 1 aromatic heterocycles. The van der Waals surface area contributed by atoms with Crippen LogP contribution in [0.25, 0.3) is 0 Å². The van der Waals surface area contributed by atoms with Crippen molar-refractivity contribution in [3.05, 3.63) is 47.9 Å². The first-order chi connectivity index (χ1) is 9.54. The maximum absolute atomic E-state index is 13.0. The number of nitrogens with zero attached hydrogens (tertiary/aromatic N) is 3. The van der Waals surface area contributed by atoms with Crippen molar-refractivity contribution < 1.29 is 9.18 Å². The Morgan fingerprint density at radius 3 is 2.85 bits per heavy atom. The first-order valence-electron chi connectivity index (χ1n) is 6.09. The third-order valence-electron chi connectivity index (χ3n) is 2.56. The van der Waals surface area contributed by atoms with E-state index < -0.39 is 0 Å². The number of carbonyl (C=O) groups excluding carboxylic acids is 1. The Bertz CT molecular complexity index is 616. The van der Waals surface area contributed by atoms with Crippen molar-refractivity contribution in [3.63, 3.8) is 0 Å². The first kappa shape index (κ1) is 13.9. The van der Waals surface area contributed by atoms with Crippen LogP contribution in [0, 0.1) is 5.82 Å². The van der Waals surface area contributed by atoms with Gasteiger partial charge in [-0.05, 0) is 23.8 Å². The highest BCUT2D eigenvalue weighted by Gasteiger charge is 2.07. The fourth-order valence-corrected chi connectivity index (χ4v) is 1.65. The van der Waals surface area contributed by atoms with E-state index >= 15 is 0 Å². The monoisotopic (exact) mass is 274 g/mol. The lowest BCUT2D eigenvalue weighted by Crippen LogP contribution is -2.18. The van der Waals surface area contributed by atoms with Gasteiger partial charge in [-0.1, -0.05) is 12.1 Å². The predicted molar refractivity (Wildman–Crippen MR) is 75.1 cm³/mol. The van der Waals surface area contributed by atoms with Crippen molar-refractivity contribution in [1.82, 2.24) is 9.97 Å². The van der Waals surface area contributed by atoms with Gasteiger partial charge in [0.05, 0.1) is 6.42 Å². The Kier molecular flexibility index (Phi) is 4.24. The van der Waals surface area contributed by atoms with E-state index in [9.17, 15) is 9.18 Å². The molecule has 5 nitrogen and oxygen atoms in total. The van der Waals surface area contributed by atoms with Crippen LogP contribution in [-0.2, 0) is 11.2 Å². The smallest absolute Gasteiger partial charge is 0.229 e. The fourth-order valence-electron chi connectivity index (χ4n) is 1.65. The number of anilines is 2. The molecule has 2 aromatic rings. The number of nitrogens with one attached hydrogen (secondary N) is 1. The minimum Gasteiger partial charge on any atom is -0.347 e. The molecular weight excluding hydrogens is 259 g/mol. The number of aromatic nitrogens is 2. The van der Waals surface area contributed by atoms with Crippen molar-refractivity contribution in [3.8, 4) is 0 Å². The number of rotatable bonds is 4. The maximum atomic E-state index is 13.0. The lowest BCUT2D eigenvalue weighted by molar-refractivity contribution is -0.115. The lowest BCUT2D eigenvalue weighted by Gasteiger charge is -2.11. The largest absolute Gasteiger partial charge is 0.347 e. The minimum absolute atomic E-state index is 0.0963. The molecular formula is C14H15FN4O. The summed E-state index contributed by atoms with van der Waals surface area (Å²) in [7, 11) is 3.63. The molecule has 0 unspecified atom stereocenters. The molecule has 104 valence electrons. The summed E-state index contributed by atoms with van der Waals surface area (Å²) in [5.41, 5.74) is 0.615. The van der Waals surface area contributed by atoms with Gasteiger partial charge in [0.2, 0.25) is 11.9 Å². The van der Waals surface area contributed by atoms with Crippen LogP contribution in [0.4, 0.5) is 16.2 Å². The second-order valence-corrected chi connectivity index (χ2v) is 4.49. The molecule has 0 saturated carbocycles. The van der Waals surface area contributed by atoms with Gasteiger partial charge >= 0.3 is 0 Å². The number of amides is 1. The lowest BCUT2D eigenvalue weighted by atomic mass is 10.1. The zero-order chi connectivity index (χ0) is 14.5. The predicted octanol–water partition coefficient (Wildman–Crippen LogP) is 1.86. The molecule has 0 atom stereocenters. The molecule has 1 heterocycles.